The number of aryl methyl sites for hydroxylation is 2. The zero-order valence-electron chi connectivity index (χ0n) is 12.0. The van der Waals surface area contributed by atoms with Crippen LogP contribution in [0.4, 0.5) is 10.2 Å². The van der Waals surface area contributed by atoms with Crippen LogP contribution in [0.3, 0.4) is 0 Å². The number of H-pyrrole nitrogens is 1. The Labute approximate surface area is 121 Å². The van der Waals surface area contributed by atoms with Crippen molar-refractivity contribution in [2.45, 2.75) is 13.8 Å². The van der Waals surface area contributed by atoms with E-state index in [0.717, 1.165) is 22.2 Å². The molecular formula is C15H15FN4O. The molecule has 5 nitrogen and oxygen atoms in total. The van der Waals surface area contributed by atoms with Gasteiger partial charge in [-0.25, -0.2) is 9.37 Å². The van der Waals surface area contributed by atoms with Crippen molar-refractivity contribution >= 4 is 16.9 Å². The number of hydrogen-bond acceptors (Lipinski definition) is 4. The average molecular weight is 286 g/mol. The van der Waals surface area contributed by atoms with Crippen LogP contribution in [0.2, 0.25) is 0 Å². The van der Waals surface area contributed by atoms with Crippen molar-refractivity contribution in [3.63, 3.8) is 0 Å². The molecule has 0 amide bonds. The number of ether oxygens (including phenoxy) is 1. The van der Waals surface area contributed by atoms with Gasteiger partial charge >= 0.3 is 0 Å². The van der Waals surface area contributed by atoms with Gasteiger partial charge in [-0.3, -0.25) is 5.10 Å². The van der Waals surface area contributed by atoms with E-state index in [-0.39, 0.29) is 5.82 Å². The fourth-order valence-corrected chi connectivity index (χ4v) is 2.68. The first-order valence-corrected chi connectivity index (χ1v) is 6.47. The molecule has 0 aliphatic rings. The lowest BCUT2D eigenvalue weighted by atomic mass is 9.96. The van der Waals surface area contributed by atoms with Crippen molar-refractivity contribution in [1.82, 2.24) is 15.2 Å². The standard InChI is InChI=1S/C15H15FN4O/c1-7-12(10-6-9(16)4-5-11(10)21-3)8(2)18-15-13(7)14(17)19-20-15/h4-6H,1-3H3,(H3,17,18,19,20). The molecule has 3 rings (SSSR count). The first-order chi connectivity index (χ1) is 10.0. The van der Waals surface area contributed by atoms with Crippen LogP contribution in [-0.4, -0.2) is 22.3 Å². The monoisotopic (exact) mass is 286 g/mol. The lowest BCUT2D eigenvalue weighted by molar-refractivity contribution is 0.415. The molecule has 3 N–H and O–H groups in total. The van der Waals surface area contributed by atoms with Gasteiger partial charge in [0.25, 0.3) is 0 Å². The molecule has 0 atom stereocenters. The zero-order valence-corrected chi connectivity index (χ0v) is 12.0. The van der Waals surface area contributed by atoms with Gasteiger partial charge in [0.2, 0.25) is 0 Å². The van der Waals surface area contributed by atoms with Gasteiger partial charge < -0.3 is 10.5 Å². The second-order valence-electron chi connectivity index (χ2n) is 4.88. The minimum absolute atomic E-state index is 0.329. The van der Waals surface area contributed by atoms with E-state index < -0.39 is 0 Å². The fraction of sp³-hybridized carbons (Fsp3) is 0.200. The van der Waals surface area contributed by atoms with Crippen LogP contribution in [0.25, 0.3) is 22.2 Å². The van der Waals surface area contributed by atoms with Gasteiger partial charge in [-0.15, -0.1) is 0 Å². The summed E-state index contributed by atoms with van der Waals surface area (Å²) in [6.07, 6.45) is 0. The van der Waals surface area contributed by atoms with Crippen LogP contribution in [0, 0.1) is 19.7 Å². The summed E-state index contributed by atoms with van der Waals surface area (Å²) in [6.45, 7) is 3.78. The third kappa shape index (κ3) is 1.99. The first kappa shape index (κ1) is 13.4. The molecule has 3 aromatic rings. The molecule has 0 saturated carbocycles. The molecule has 0 spiro atoms. The number of benzene rings is 1. The normalized spacial score (nSPS) is 11.0. The molecule has 6 heteroatoms. The van der Waals surface area contributed by atoms with E-state index in [4.69, 9.17) is 10.5 Å². The number of anilines is 1. The van der Waals surface area contributed by atoms with Crippen molar-refractivity contribution in [2.75, 3.05) is 12.8 Å². The van der Waals surface area contributed by atoms with Crippen LogP contribution in [0.15, 0.2) is 18.2 Å². The number of halogens is 1. The van der Waals surface area contributed by atoms with E-state index in [2.05, 4.69) is 15.2 Å². The number of pyridine rings is 1. The highest BCUT2D eigenvalue weighted by atomic mass is 19.1. The molecule has 2 aromatic heterocycles. The van der Waals surface area contributed by atoms with Gasteiger partial charge in [0.05, 0.1) is 12.5 Å². The summed E-state index contributed by atoms with van der Waals surface area (Å²) in [5, 5.41) is 7.54. The van der Waals surface area contributed by atoms with E-state index >= 15 is 0 Å². The second kappa shape index (κ2) is 4.73. The number of nitrogens with zero attached hydrogens (tertiary/aromatic N) is 2. The van der Waals surface area contributed by atoms with Crippen molar-refractivity contribution < 1.29 is 9.13 Å². The Morgan fingerprint density at radius 1 is 1.29 bits per heavy atom. The number of nitrogens with two attached hydrogens (primary N) is 1. The molecule has 0 aliphatic carbocycles. The highest BCUT2D eigenvalue weighted by Crippen LogP contribution is 2.38. The van der Waals surface area contributed by atoms with Gasteiger partial charge in [-0.2, -0.15) is 5.10 Å². The lowest BCUT2D eigenvalue weighted by Gasteiger charge is -2.14. The number of aromatic amines is 1. The van der Waals surface area contributed by atoms with Gasteiger partial charge in [0.1, 0.15) is 17.4 Å². The van der Waals surface area contributed by atoms with Gasteiger partial charge in [0.15, 0.2) is 5.65 Å². The van der Waals surface area contributed by atoms with Crippen LogP contribution >= 0.6 is 0 Å². The number of hydrogen-bond donors (Lipinski definition) is 2. The minimum atomic E-state index is -0.329. The summed E-state index contributed by atoms with van der Waals surface area (Å²) in [5.74, 6) is 0.710. The number of nitrogen functional groups attached to an aromatic ring is 1. The Balaban J connectivity index is 2.39. The molecule has 0 unspecified atom stereocenters. The quantitative estimate of drug-likeness (QED) is 0.759. The molecule has 0 saturated heterocycles. The minimum Gasteiger partial charge on any atom is -0.496 e. The maximum absolute atomic E-state index is 13.6. The van der Waals surface area contributed by atoms with Crippen LogP contribution in [0.5, 0.6) is 5.75 Å². The molecule has 21 heavy (non-hydrogen) atoms. The number of rotatable bonds is 2. The van der Waals surface area contributed by atoms with Crippen LogP contribution < -0.4 is 10.5 Å². The predicted octanol–water partition coefficient (Wildman–Crippen LogP) is 2.97. The molecule has 0 radical (unpaired) electrons. The molecule has 0 bridgehead atoms. The summed E-state index contributed by atoms with van der Waals surface area (Å²) in [6, 6.07) is 4.41. The SMILES string of the molecule is COc1ccc(F)cc1-c1c(C)nc2n[nH]c(N)c2c1C. The molecular weight excluding hydrogens is 271 g/mol. The highest BCUT2D eigenvalue weighted by Gasteiger charge is 2.18. The van der Waals surface area contributed by atoms with Gasteiger partial charge in [0, 0.05) is 16.8 Å². The van der Waals surface area contributed by atoms with Gasteiger partial charge in [-0.05, 0) is 37.6 Å². The van der Waals surface area contributed by atoms with Crippen molar-refractivity contribution in [2.24, 2.45) is 0 Å². The van der Waals surface area contributed by atoms with E-state index in [1.165, 1.54) is 12.1 Å². The van der Waals surface area contributed by atoms with Crippen molar-refractivity contribution in [3.05, 3.63) is 35.3 Å². The smallest absolute Gasteiger partial charge is 0.183 e. The lowest BCUT2D eigenvalue weighted by Crippen LogP contribution is -1.98. The summed E-state index contributed by atoms with van der Waals surface area (Å²) in [4.78, 5) is 4.44. The van der Waals surface area contributed by atoms with E-state index in [1.807, 2.05) is 13.8 Å². The summed E-state index contributed by atoms with van der Waals surface area (Å²) >= 11 is 0. The van der Waals surface area contributed by atoms with Gasteiger partial charge in [-0.1, -0.05) is 0 Å². The number of fused-ring (bicyclic) bond motifs is 1. The van der Waals surface area contributed by atoms with Crippen molar-refractivity contribution in [3.8, 4) is 16.9 Å². The molecule has 108 valence electrons. The summed E-state index contributed by atoms with van der Waals surface area (Å²) < 4.78 is 19.0. The van der Waals surface area contributed by atoms with Crippen LogP contribution in [0.1, 0.15) is 11.3 Å². The molecule has 2 heterocycles. The number of methoxy groups -OCH3 is 1. The zero-order chi connectivity index (χ0) is 15.1. The van der Waals surface area contributed by atoms with E-state index in [0.29, 0.717) is 22.8 Å². The third-order valence-electron chi connectivity index (χ3n) is 3.59. The highest BCUT2D eigenvalue weighted by molar-refractivity contribution is 5.95. The topological polar surface area (TPSA) is 76.8 Å². The Kier molecular flexibility index (Phi) is 3.01. The Morgan fingerprint density at radius 2 is 2.05 bits per heavy atom. The number of nitrogens with one attached hydrogen (secondary N) is 1. The number of aromatic nitrogens is 3. The maximum atomic E-state index is 13.6. The van der Waals surface area contributed by atoms with Crippen molar-refractivity contribution in [1.29, 1.82) is 0 Å². The third-order valence-corrected chi connectivity index (χ3v) is 3.59. The summed E-state index contributed by atoms with van der Waals surface area (Å²) in [7, 11) is 1.56. The maximum Gasteiger partial charge on any atom is 0.183 e. The van der Waals surface area contributed by atoms with E-state index in [1.54, 1.807) is 13.2 Å². The van der Waals surface area contributed by atoms with E-state index in [9.17, 15) is 4.39 Å². The average Bonchev–Trinajstić information content (AvgIpc) is 2.80. The largest absolute Gasteiger partial charge is 0.496 e. The molecule has 1 aromatic carbocycles. The Bertz CT molecular complexity index is 841. The Hall–Kier alpha value is -2.63. The fourth-order valence-electron chi connectivity index (χ4n) is 2.68. The second-order valence-corrected chi connectivity index (χ2v) is 4.88. The first-order valence-electron chi connectivity index (χ1n) is 6.47. The predicted molar refractivity (Wildman–Crippen MR) is 79.7 cm³/mol. The molecule has 0 fully saturated rings. The Morgan fingerprint density at radius 3 is 2.76 bits per heavy atom. The molecule has 0 aliphatic heterocycles. The van der Waals surface area contributed by atoms with Crippen LogP contribution in [-0.2, 0) is 0 Å². The summed E-state index contributed by atoms with van der Waals surface area (Å²) in [5.41, 5.74) is 9.58.